The Hall–Kier alpha value is -1.28. The zero-order valence-electron chi connectivity index (χ0n) is 14.2. The van der Waals surface area contributed by atoms with Crippen molar-refractivity contribution in [3.05, 3.63) is 10.5 Å². The van der Waals surface area contributed by atoms with Crippen molar-refractivity contribution >= 4 is 17.7 Å². The van der Waals surface area contributed by atoms with E-state index >= 15 is 0 Å². The third-order valence-electron chi connectivity index (χ3n) is 4.68. The molecule has 0 radical (unpaired) electrons. The average Bonchev–Trinajstić information content (AvgIpc) is 3.11. The van der Waals surface area contributed by atoms with Crippen molar-refractivity contribution in [1.29, 1.82) is 0 Å². The minimum absolute atomic E-state index is 0.0660. The van der Waals surface area contributed by atoms with Gasteiger partial charge in [0, 0.05) is 19.7 Å². The highest BCUT2D eigenvalue weighted by molar-refractivity contribution is 8.00. The van der Waals surface area contributed by atoms with E-state index in [9.17, 15) is 9.59 Å². The molecule has 1 N–H and O–H groups in total. The minimum atomic E-state index is -0.249. The molecule has 2 aliphatic heterocycles. The molecule has 2 fully saturated rings. The van der Waals surface area contributed by atoms with Crippen LogP contribution in [-0.2, 0) is 16.1 Å². The number of hydrogen-bond donors (Lipinski definition) is 1. The zero-order valence-corrected chi connectivity index (χ0v) is 15.0. The van der Waals surface area contributed by atoms with Crippen LogP contribution in [0.2, 0.25) is 0 Å². The molecule has 0 bridgehead atoms. The topological polar surface area (TPSA) is 80.2 Å². The Labute approximate surface area is 146 Å². The van der Waals surface area contributed by atoms with Crippen molar-refractivity contribution in [2.45, 2.75) is 68.5 Å². The largest absolute Gasteiger partial charge is 0.376 e. The number of H-pyrrole nitrogens is 1. The average molecular weight is 354 g/mol. The molecule has 2 unspecified atom stereocenters. The molecule has 0 aromatic carbocycles. The number of aromatic nitrogens is 3. The molecular formula is C16H26N4O3S. The molecule has 24 heavy (non-hydrogen) atoms. The third-order valence-corrected chi connectivity index (χ3v) is 5.76. The van der Waals surface area contributed by atoms with Gasteiger partial charge in [0.2, 0.25) is 5.91 Å². The fourth-order valence-electron chi connectivity index (χ4n) is 3.30. The molecule has 8 heteroatoms. The first-order valence-electron chi connectivity index (χ1n) is 8.87. The Morgan fingerprint density at radius 2 is 2.08 bits per heavy atom. The fourth-order valence-corrected chi connectivity index (χ4v) is 4.25. The first-order valence-corrected chi connectivity index (χ1v) is 9.75. The summed E-state index contributed by atoms with van der Waals surface area (Å²) in [5.41, 5.74) is -0.234. The molecule has 1 amide bonds. The monoisotopic (exact) mass is 354 g/mol. The van der Waals surface area contributed by atoms with E-state index in [4.69, 9.17) is 4.74 Å². The summed E-state index contributed by atoms with van der Waals surface area (Å²) in [5.74, 6) is 0.140. The van der Waals surface area contributed by atoms with Gasteiger partial charge in [0.05, 0.1) is 17.9 Å². The smallest absolute Gasteiger partial charge is 0.344 e. The lowest BCUT2D eigenvalue weighted by Gasteiger charge is -2.23. The van der Waals surface area contributed by atoms with Gasteiger partial charge >= 0.3 is 5.69 Å². The number of likely N-dealkylation sites (tertiary alicyclic amines) is 1. The highest BCUT2D eigenvalue weighted by atomic mass is 32.2. The van der Waals surface area contributed by atoms with E-state index in [1.807, 2.05) is 11.8 Å². The lowest BCUT2D eigenvalue weighted by atomic mass is 10.2. The second kappa shape index (κ2) is 8.20. The molecule has 3 heterocycles. The Bertz CT molecular complexity index is 601. The van der Waals surface area contributed by atoms with Crippen LogP contribution >= 0.6 is 11.8 Å². The molecule has 3 rings (SSSR count). The Kier molecular flexibility index (Phi) is 5.99. The molecular weight excluding hydrogens is 328 g/mol. The van der Waals surface area contributed by atoms with Crippen LogP contribution in [0.25, 0.3) is 0 Å². The molecule has 134 valence electrons. The van der Waals surface area contributed by atoms with Gasteiger partial charge in [0.25, 0.3) is 0 Å². The van der Waals surface area contributed by atoms with E-state index in [0.717, 1.165) is 45.4 Å². The maximum atomic E-state index is 12.7. The Balaban J connectivity index is 1.64. The third kappa shape index (κ3) is 4.22. The Morgan fingerprint density at radius 3 is 2.75 bits per heavy atom. The normalized spacial score (nSPS) is 23.2. The lowest BCUT2D eigenvalue weighted by molar-refractivity contribution is -0.130. The van der Waals surface area contributed by atoms with Crippen molar-refractivity contribution < 1.29 is 9.53 Å². The van der Waals surface area contributed by atoms with Crippen LogP contribution in [0.5, 0.6) is 0 Å². The van der Waals surface area contributed by atoms with Crippen LogP contribution in [0.4, 0.5) is 0 Å². The maximum absolute atomic E-state index is 12.7. The zero-order chi connectivity index (χ0) is 16.9. The fraction of sp³-hybridized carbons (Fsp3) is 0.812. The van der Waals surface area contributed by atoms with Crippen molar-refractivity contribution in [2.24, 2.45) is 0 Å². The molecule has 0 spiro atoms. The van der Waals surface area contributed by atoms with E-state index in [-0.39, 0.29) is 23.0 Å². The van der Waals surface area contributed by atoms with Crippen LogP contribution in [0.3, 0.4) is 0 Å². The summed E-state index contributed by atoms with van der Waals surface area (Å²) in [5, 5.41) is 6.93. The van der Waals surface area contributed by atoms with E-state index in [1.165, 1.54) is 24.6 Å². The molecule has 2 atom stereocenters. The quantitative estimate of drug-likeness (QED) is 0.813. The molecule has 1 aromatic rings. The number of aromatic amines is 1. The Morgan fingerprint density at radius 1 is 1.33 bits per heavy atom. The molecule has 2 aliphatic rings. The predicted octanol–water partition coefficient (Wildman–Crippen LogP) is 1.63. The van der Waals surface area contributed by atoms with Gasteiger partial charge < -0.3 is 9.64 Å². The molecule has 0 saturated carbocycles. The number of carbonyl (C=O) groups excluding carboxylic acids is 1. The van der Waals surface area contributed by atoms with Crippen molar-refractivity contribution in [2.75, 3.05) is 19.7 Å². The van der Waals surface area contributed by atoms with Gasteiger partial charge in [-0.2, -0.15) is 0 Å². The summed E-state index contributed by atoms with van der Waals surface area (Å²) in [4.78, 5) is 26.6. The number of nitrogens with one attached hydrogen (secondary N) is 1. The van der Waals surface area contributed by atoms with E-state index in [2.05, 4.69) is 10.2 Å². The number of nitrogens with zero attached hydrogens (tertiary/aromatic N) is 3. The second-order valence-corrected chi connectivity index (χ2v) is 7.86. The highest BCUT2D eigenvalue weighted by Crippen LogP contribution is 2.24. The number of carbonyl (C=O) groups is 1. The molecule has 7 nitrogen and oxygen atoms in total. The van der Waals surface area contributed by atoms with Gasteiger partial charge in [-0.15, -0.1) is 5.10 Å². The van der Waals surface area contributed by atoms with Crippen LogP contribution in [0.1, 0.15) is 45.4 Å². The number of hydrogen-bond acceptors (Lipinski definition) is 5. The van der Waals surface area contributed by atoms with Crippen LogP contribution in [-0.4, -0.2) is 56.6 Å². The van der Waals surface area contributed by atoms with Crippen molar-refractivity contribution in [1.82, 2.24) is 19.7 Å². The molecule has 2 saturated heterocycles. The summed E-state index contributed by atoms with van der Waals surface area (Å²) >= 11 is 1.36. The van der Waals surface area contributed by atoms with Crippen LogP contribution in [0, 0.1) is 0 Å². The predicted molar refractivity (Wildman–Crippen MR) is 92.2 cm³/mol. The van der Waals surface area contributed by atoms with Crippen LogP contribution < -0.4 is 5.69 Å². The first-order chi connectivity index (χ1) is 11.6. The molecule has 0 aliphatic carbocycles. The van der Waals surface area contributed by atoms with E-state index < -0.39 is 0 Å². The summed E-state index contributed by atoms with van der Waals surface area (Å²) in [7, 11) is 0. The highest BCUT2D eigenvalue weighted by Gasteiger charge is 2.26. The SMILES string of the molecule is CC(Sc1n[nH]c(=O)n1CC1CCCO1)C(=O)N1CCCCCC1. The van der Waals surface area contributed by atoms with Crippen molar-refractivity contribution in [3.63, 3.8) is 0 Å². The van der Waals surface area contributed by atoms with Crippen molar-refractivity contribution in [3.8, 4) is 0 Å². The number of thioether (sulfide) groups is 1. The lowest BCUT2D eigenvalue weighted by Crippen LogP contribution is -2.37. The van der Waals surface area contributed by atoms with Gasteiger partial charge in [-0.1, -0.05) is 24.6 Å². The summed E-state index contributed by atoms with van der Waals surface area (Å²) in [6.45, 7) is 4.83. The van der Waals surface area contributed by atoms with E-state index in [1.54, 1.807) is 4.57 Å². The second-order valence-electron chi connectivity index (χ2n) is 6.56. The van der Waals surface area contributed by atoms with Gasteiger partial charge in [0.1, 0.15) is 0 Å². The van der Waals surface area contributed by atoms with Gasteiger partial charge in [-0.3, -0.25) is 9.36 Å². The summed E-state index contributed by atoms with van der Waals surface area (Å²) in [6, 6.07) is 0. The van der Waals surface area contributed by atoms with Gasteiger partial charge in [0.15, 0.2) is 5.16 Å². The maximum Gasteiger partial charge on any atom is 0.344 e. The number of rotatable bonds is 5. The standard InChI is InChI=1S/C16H26N4O3S/c1-12(14(21)19-8-4-2-3-5-9-19)24-16-18-17-15(22)20(16)11-13-7-6-10-23-13/h12-13H,2-11H2,1H3,(H,17,22). The summed E-state index contributed by atoms with van der Waals surface area (Å²) < 4.78 is 7.22. The number of ether oxygens (including phenoxy) is 1. The number of amides is 1. The van der Waals surface area contributed by atoms with Gasteiger partial charge in [-0.05, 0) is 32.6 Å². The van der Waals surface area contributed by atoms with Crippen LogP contribution in [0.15, 0.2) is 9.95 Å². The molecule has 1 aromatic heterocycles. The summed E-state index contributed by atoms with van der Waals surface area (Å²) in [6.07, 6.45) is 6.62. The first kappa shape index (κ1) is 17.5. The van der Waals surface area contributed by atoms with E-state index in [0.29, 0.717) is 11.7 Å². The van der Waals surface area contributed by atoms with Gasteiger partial charge in [-0.25, -0.2) is 9.89 Å². The minimum Gasteiger partial charge on any atom is -0.376 e.